The fraction of sp³-hybridized carbons (Fsp3) is 0.355. The zero-order valence-electron chi connectivity index (χ0n) is 23.4. The van der Waals surface area contributed by atoms with Gasteiger partial charge in [-0.15, -0.1) is 0 Å². The molecular formula is C31H39N3O4S. The number of rotatable bonds is 12. The summed E-state index contributed by atoms with van der Waals surface area (Å²) in [6.45, 7) is 7.49. The number of anilines is 1. The lowest BCUT2D eigenvalue weighted by Crippen LogP contribution is -2.54. The van der Waals surface area contributed by atoms with Gasteiger partial charge in [-0.05, 0) is 56.0 Å². The number of hydrogen-bond donors (Lipinski definition) is 1. The van der Waals surface area contributed by atoms with Crippen LogP contribution in [-0.4, -0.2) is 50.0 Å². The molecule has 0 radical (unpaired) electrons. The summed E-state index contributed by atoms with van der Waals surface area (Å²) in [6, 6.07) is 23.4. The Labute approximate surface area is 232 Å². The first-order valence-corrected chi connectivity index (χ1v) is 15.1. The predicted molar refractivity (Wildman–Crippen MR) is 157 cm³/mol. The van der Waals surface area contributed by atoms with E-state index in [4.69, 9.17) is 0 Å². The van der Waals surface area contributed by atoms with Crippen molar-refractivity contribution in [2.75, 3.05) is 17.1 Å². The van der Waals surface area contributed by atoms with Crippen molar-refractivity contribution < 1.29 is 18.0 Å². The molecule has 7 nitrogen and oxygen atoms in total. The minimum atomic E-state index is -3.79. The highest BCUT2D eigenvalue weighted by Gasteiger charge is 2.33. The standard InChI is InChI=1S/C31H39N3O4S/c1-6-25(4)32-31(36)29(20-26-14-8-7-9-15-26)33(21-27-16-10-12-23(2)18-27)30(35)22-34(39(5,37)38)28-17-11-13-24(3)19-28/h7-19,25,29H,6,20-22H2,1-5H3,(H,32,36)/t25-,29-/m1/s1. The van der Waals surface area contributed by atoms with Gasteiger partial charge in [-0.25, -0.2) is 8.42 Å². The number of nitrogens with zero attached hydrogens (tertiary/aromatic N) is 2. The summed E-state index contributed by atoms with van der Waals surface area (Å²) in [4.78, 5) is 29.3. The molecule has 8 heteroatoms. The molecule has 0 aliphatic heterocycles. The van der Waals surface area contributed by atoms with E-state index in [0.717, 1.165) is 39.2 Å². The lowest BCUT2D eigenvalue weighted by molar-refractivity contribution is -0.140. The van der Waals surface area contributed by atoms with Crippen molar-refractivity contribution in [1.29, 1.82) is 0 Å². The zero-order valence-corrected chi connectivity index (χ0v) is 24.2. The minimum absolute atomic E-state index is 0.0773. The maximum Gasteiger partial charge on any atom is 0.244 e. The Kier molecular flexibility index (Phi) is 10.3. The number of hydrogen-bond acceptors (Lipinski definition) is 4. The van der Waals surface area contributed by atoms with Gasteiger partial charge in [-0.3, -0.25) is 13.9 Å². The van der Waals surface area contributed by atoms with Crippen molar-refractivity contribution >= 4 is 27.5 Å². The Morgan fingerprint density at radius 3 is 2.08 bits per heavy atom. The zero-order chi connectivity index (χ0) is 28.6. The van der Waals surface area contributed by atoms with Crippen LogP contribution in [0.1, 0.15) is 42.5 Å². The molecule has 0 spiro atoms. The Balaban J connectivity index is 2.06. The van der Waals surface area contributed by atoms with E-state index >= 15 is 0 Å². The Morgan fingerprint density at radius 1 is 0.872 bits per heavy atom. The molecule has 3 aromatic rings. The molecule has 0 unspecified atom stereocenters. The van der Waals surface area contributed by atoms with Crippen LogP contribution in [0.2, 0.25) is 0 Å². The molecule has 0 aromatic heterocycles. The molecule has 0 aliphatic carbocycles. The van der Waals surface area contributed by atoms with Crippen LogP contribution < -0.4 is 9.62 Å². The summed E-state index contributed by atoms with van der Waals surface area (Å²) in [5, 5.41) is 3.04. The number of carbonyl (C=O) groups excluding carboxylic acids is 2. The van der Waals surface area contributed by atoms with Gasteiger partial charge in [0.05, 0.1) is 11.9 Å². The second-order valence-electron chi connectivity index (χ2n) is 10.1. The summed E-state index contributed by atoms with van der Waals surface area (Å²) in [7, 11) is -3.79. The molecule has 0 saturated carbocycles. The number of nitrogens with one attached hydrogen (secondary N) is 1. The highest BCUT2D eigenvalue weighted by Crippen LogP contribution is 2.21. The van der Waals surface area contributed by atoms with E-state index in [1.807, 2.05) is 88.4 Å². The summed E-state index contributed by atoms with van der Waals surface area (Å²) >= 11 is 0. The third kappa shape index (κ3) is 8.68. The summed E-state index contributed by atoms with van der Waals surface area (Å²) in [5.41, 5.74) is 4.08. The van der Waals surface area contributed by atoms with Gasteiger partial charge < -0.3 is 10.2 Å². The molecule has 3 aromatic carbocycles. The van der Waals surface area contributed by atoms with Crippen LogP contribution in [0.4, 0.5) is 5.69 Å². The average Bonchev–Trinajstić information content (AvgIpc) is 2.89. The molecule has 3 rings (SSSR count). The average molecular weight is 550 g/mol. The van der Waals surface area contributed by atoms with Gasteiger partial charge in [-0.2, -0.15) is 0 Å². The van der Waals surface area contributed by atoms with Crippen molar-refractivity contribution in [3.05, 3.63) is 101 Å². The normalized spacial score (nSPS) is 12.8. The van der Waals surface area contributed by atoms with Gasteiger partial charge >= 0.3 is 0 Å². The quantitative estimate of drug-likeness (QED) is 0.357. The third-order valence-electron chi connectivity index (χ3n) is 6.68. The number of aryl methyl sites for hydroxylation is 2. The highest BCUT2D eigenvalue weighted by molar-refractivity contribution is 7.92. The first-order valence-electron chi connectivity index (χ1n) is 13.2. The second-order valence-corrected chi connectivity index (χ2v) is 12.0. The first kappa shape index (κ1) is 29.9. The number of benzene rings is 3. The molecule has 0 fully saturated rings. The van der Waals surface area contributed by atoms with E-state index in [1.165, 1.54) is 4.90 Å². The molecule has 1 N–H and O–H groups in total. The van der Waals surface area contributed by atoms with Crippen LogP contribution in [-0.2, 0) is 32.6 Å². The van der Waals surface area contributed by atoms with Crippen molar-refractivity contribution in [2.24, 2.45) is 0 Å². The van der Waals surface area contributed by atoms with Gasteiger partial charge in [0.25, 0.3) is 0 Å². The lowest BCUT2D eigenvalue weighted by Gasteiger charge is -2.34. The topological polar surface area (TPSA) is 86.8 Å². The third-order valence-corrected chi connectivity index (χ3v) is 7.82. The number of carbonyl (C=O) groups is 2. The molecule has 208 valence electrons. The highest BCUT2D eigenvalue weighted by atomic mass is 32.2. The van der Waals surface area contributed by atoms with Crippen LogP contribution in [0, 0.1) is 13.8 Å². The minimum Gasteiger partial charge on any atom is -0.352 e. The van der Waals surface area contributed by atoms with Gasteiger partial charge in [-0.1, -0.05) is 79.2 Å². The van der Waals surface area contributed by atoms with E-state index in [1.54, 1.807) is 18.2 Å². The van der Waals surface area contributed by atoms with Crippen LogP contribution in [0.25, 0.3) is 0 Å². The Morgan fingerprint density at radius 2 is 1.49 bits per heavy atom. The van der Waals surface area contributed by atoms with Crippen LogP contribution in [0.5, 0.6) is 0 Å². The predicted octanol–water partition coefficient (Wildman–Crippen LogP) is 4.62. The van der Waals surface area contributed by atoms with Gasteiger partial charge in [0.15, 0.2) is 0 Å². The van der Waals surface area contributed by atoms with E-state index in [0.29, 0.717) is 12.1 Å². The summed E-state index contributed by atoms with van der Waals surface area (Å²) in [5.74, 6) is -0.723. The van der Waals surface area contributed by atoms with Crippen molar-refractivity contribution in [1.82, 2.24) is 10.2 Å². The number of amides is 2. The Hall–Kier alpha value is -3.65. The smallest absolute Gasteiger partial charge is 0.244 e. The van der Waals surface area contributed by atoms with Crippen LogP contribution in [0.3, 0.4) is 0 Å². The monoisotopic (exact) mass is 549 g/mol. The van der Waals surface area contributed by atoms with Gasteiger partial charge in [0.1, 0.15) is 12.6 Å². The maximum atomic E-state index is 14.1. The van der Waals surface area contributed by atoms with Crippen molar-refractivity contribution in [3.8, 4) is 0 Å². The van der Waals surface area contributed by atoms with Crippen LogP contribution >= 0.6 is 0 Å². The molecule has 0 aliphatic rings. The summed E-state index contributed by atoms with van der Waals surface area (Å²) < 4.78 is 26.8. The van der Waals surface area contributed by atoms with Crippen molar-refractivity contribution in [3.63, 3.8) is 0 Å². The fourth-order valence-electron chi connectivity index (χ4n) is 4.40. The van der Waals surface area contributed by atoms with Gasteiger partial charge in [0.2, 0.25) is 21.8 Å². The van der Waals surface area contributed by atoms with Crippen molar-refractivity contribution in [2.45, 2.75) is 59.2 Å². The molecule has 39 heavy (non-hydrogen) atoms. The molecule has 0 saturated heterocycles. The van der Waals surface area contributed by atoms with E-state index < -0.39 is 28.5 Å². The molecule has 0 bridgehead atoms. The van der Waals surface area contributed by atoms with Crippen LogP contribution in [0.15, 0.2) is 78.9 Å². The molecule has 2 amide bonds. The van der Waals surface area contributed by atoms with E-state index in [2.05, 4.69) is 5.32 Å². The maximum absolute atomic E-state index is 14.1. The second kappa shape index (κ2) is 13.4. The molecule has 2 atom stereocenters. The van der Waals surface area contributed by atoms with E-state index in [9.17, 15) is 18.0 Å². The lowest BCUT2D eigenvalue weighted by atomic mass is 10.0. The SMILES string of the molecule is CC[C@@H](C)NC(=O)[C@@H](Cc1ccccc1)N(Cc1cccc(C)c1)C(=O)CN(c1cccc(C)c1)S(C)(=O)=O. The number of sulfonamides is 1. The Bertz CT molecular complexity index is 1380. The van der Waals surface area contributed by atoms with E-state index in [-0.39, 0.29) is 18.5 Å². The molecular weight excluding hydrogens is 510 g/mol. The summed E-state index contributed by atoms with van der Waals surface area (Å²) in [6.07, 6.45) is 2.12. The molecule has 0 heterocycles. The fourth-order valence-corrected chi connectivity index (χ4v) is 5.24. The first-order chi connectivity index (χ1) is 18.5. The van der Waals surface area contributed by atoms with Gasteiger partial charge in [0, 0.05) is 19.0 Å². The largest absolute Gasteiger partial charge is 0.352 e.